The van der Waals surface area contributed by atoms with E-state index in [-0.39, 0.29) is 11.9 Å². The molecule has 0 spiro atoms. The molecule has 2 rings (SSSR count). The Morgan fingerprint density at radius 3 is 2.23 bits per heavy atom. The van der Waals surface area contributed by atoms with Crippen molar-refractivity contribution < 1.29 is 4.39 Å². The van der Waals surface area contributed by atoms with Crippen LogP contribution in [0.2, 0.25) is 0 Å². The van der Waals surface area contributed by atoms with Crippen LogP contribution in [-0.4, -0.2) is 5.11 Å². The first kappa shape index (κ1) is 16.9. The highest BCUT2D eigenvalue weighted by molar-refractivity contribution is 9.10. The van der Waals surface area contributed by atoms with Gasteiger partial charge in [-0.15, -0.1) is 0 Å². The van der Waals surface area contributed by atoms with Crippen LogP contribution in [-0.2, 0) is 0 Å². The normalized spacial score (nSPS) is 11.9. The van der Waals surface area contributed by atoms with Crippen LogP contribution in [0.4, 0.5) is 10.1 Å². The van der Waals surface area contributed by atoms with E-state index in [1.165, 1.54) is 12.1 Å². The number of nitrogens with one attached hydrogen (secondary N) is 2. The predicted molar refractivity (Wildman–Crippen MR) is 97.8 cm³/mol. The summed E-state index contributed by atoms with van der Waals surface area (Å²) in [5.74, 6) is -0.238. The first-order valence-electron chi connectivity index (χ1n) is 6.96. The van der Waals surface area contributed by atoms with Gasteiger partial charge in [-0.2, -0.15) is 0 Å². The first-order valence-corrected chi connectivity index (χ1v) is 8.16. The Labute approximate surface area is 144 Å². The average Bonchev–Trinajstić information content (AvgIpc) is 2.43. The molecule has 1 unspecified atom stereocenters. The maximum absolute atomic E-state index is 13.0. The monoisotopic (exact) mass is 380 g/mol. The molecule has 22 heavy (non-hydrogen) atoms. The van der Waals surface area contributed by atoms with Crippen molar-refractivity contribution in [3.8, 4) is 0 Å². The summed E-state index contributed by atoms with van der Waals surface area (Å²) in [7, 11) is 0. The molecule has 2 aromatic carbocycles. The van der Waals surface area contributed by atoms with Gasteiger partial charge < -0.3 is 10.6 Å². The Balaban J connectivity index is 2.05. The second-order valence-electron chi connectivity index (χ2n) is 5.29. The Hall–Kier alpha value is -1.46. The molecule has 1 atom stereocenters. The van der Waals surface area contributed by atoms with E-state index in [2.05, 4.69) is 26.6 Å². The van der Waals surface area contributed by atoms with Gasteiger partial charge in [-0.3, -0.25) is 0 Å². The van der Waals surface area contributed by atoms with Crippen molar-refractivity contribution in [1.29, 1.82) is 0 Å². The van der Waals surface area contributed by atoms with Crippen LogP contribution in [0.1, 0.15) is 29.7 Å². The minimum atomic E-state index is -0.238. The lowest BCUT2D eigenvalue weighted by Crippen LogP contribution is -2.31. The highest BCUT2D eigenvalue weighted by atomic mass is 79.9. The van der Waals surface area contributed by atoms with Gasteiger partial charge in [-0.25, -0.2) is 4.39 Å². The second-order valence-corrected chi connectivity index (χ2v) is 6.61. The van der Waals surface area contributed by atoms with Gasteiger partial charge in [0.05, 0.1) is 6.04 Å². The Morgan fingerprint density at radius 1 is 1.14 bits per heavy atom. The fourth-order valence-electron chi connectivity index (χ4n) is 2.29. The molecule has 0 radical (unpaired) electrons. The van der Waals surface area contributed by atoms with Gasteiger partial charge in [0.2, 0.25) is 0 Å². The summed E-state index contributed by atoms with van der Waals surface area (Å²) < 4.78 is 14.0. The summed E-state index contributed by atoms with van der Waals surface area (Å²) in [5.41, 5.74) is 4.22. The van der Waals surface area contributed by atoms with Gasteiger partial charge >= 0.3 is 0 Å². The number of benzene rings is 2. The SMILES string of the molecule is Cc1cc(Br)cc(C)c1NC(=S)NC(C)c1ccc(F)cc1. The molecule has 2 aromatic rings. The van der Waals surface area contributed by atoms with Crippen molar-refractivity contribution >= 4 is 38.9 Å². The fourth-order valence-corrected chi connectivity index (χ4v) is 3.25. The van der Waals surface area contributed by atoms with Crippen molar-refractivity contribution in [3.63, 3.8) is 0 Å². The molecule has 0 aliphatic heterocycles. The lowest BCUT2D eigenvalue weighted by atomic mass is 10.1. The van der Waals surface area contributed by atoms with E-state index in [1.807, 2.05) is 32.9 Å². The maximum Gasteiger partial charge on any atom is 0.171 e. The zero-order valence-corrected chi connectivity index (χ0v) is 15.1. The molecular formula is C17H18BrFN2S. The Bertz CT molecular complexity index is 663. The third-order valence-electron chi connectivity index (χ3n) is 3.45. The van der Waals surface area contributed by atoms with Crippen molar-refractivity contribution in [1.82, 2.24) is 5.32 Å². The number of hydrogen-bond donors (Lipinski definition) is 2. The minimum Gasteiger partial charge on any atom is -0.356 e. The third-order valence-corrected chi connectivity index (χ3v) is 4.13. The maximum atomic E-state index is 13.0. The number of halogens is 2. The molecule has 0 aliphatic rings. The Morgan fingerprint density at radius 2 is 1.68 bits per heavy atom. The molecule has 0 saturated heterocycles. The molecule has 2 N–H and O–H groups in total. The summed E-state index contributed by atoms with van der Waals surface area (Å²) in [6.07, 6.45) is 0. The lowest BCUT2D eigenvalue weighted by Gasteiger charge is -2.19. The molecule has 0 bridgehead atoms. The van der Waals surface area contributed by atoms with Gasteiger partial charge in [0.1, 0.15) is 5.82 Å². The van der Waals surface area contributed by atoms with Crippen molar-refractivity contribution in [2.75, 3.05) is 5.32 Å². The molecule has 2 nitrogen and oxygen atoms in total. The summed E-state index contributed by atoms with van der Waals surface area (Å²) in [5, 5.41) is 7.01. The molecule has 5 heteroatoms. The molecule has 0 saturated carbocycles. The topological polar surface area (TPSA) is 24.1 Å². The molecule has 0 fully saturated rings. The van der Waals surface area contributed by atoms with Crippen LogP contribution >= 0.6 is 28.1 Å². The second kappa shape index (κ2) is 7.20. The van der Waals surface area contributed by atoms with Crippen LogP contribution in [0.25, 0.3) is 0 Å². The third kappa shape index (κ3) is 4.27. The summed E-state index contributed by atoms with van der Waals surface area (Å²) in [6, 6.07) is 10.5. The van der Waals surface area contributed by atoms with Gasteiger partial charge in [0.15, 0.2) is 5.11 Å². The van der Waals surface area contributed by atoms with Gasteiger partial charge in [0, 0.05) is 10.2 Å². The van der Waals surface area contributed by atoms with E-state index < -0.39 is 0 Å². The predicted octanol–water partition coefficient (Wildman–Crippen LogP) is 5.25. The largest absolute Gasteiger partial charge is 0.356 e. The molecular weight excluding hydrogens is 363 g/mol. The van der Waals surface area contributed by atoms with E-state index >= 15 is 0 Å². The van der Waals surface area contributed by atoms with Gasteiger partial charge in [-0.1, -0.05) is 28.1 Å². The van der Waals surface area contributed by atoms with Gasteiger partial charge in [0.25, 0.3) is 0 Å². The highest BCUT2D eigenvalue weighted by Gasteiger charge is 2.10. The van der Waals surface area contributed by atoms with E-state index in [9.17, 15) is 4.39 Å². The first-order chi connectivity index (χ1) is 10.4. The molecule has 0 aromatic heterocycles. The van der Waals surface area contributed by atoms with Crippen molar-refractivity contribution in [2.45, 2.75) is 26.8 Å². The van der Waals surface area contributed by atoms with Crippen LogP contribution in [0.15, 0.2) is 40.9 Å². The lowest BCUT2D eigenvalue weighted by molar-refractivity contribution is 0.624. The summed E-state index contributed by atoms with van der Waals surface area (Å²) in [6.45, 7) is 6.06. The number of hydrogen-bond acceptors (Lipinski definition) is 1. The highest BCUT2D eigenvalue weighted by Crippen LogP contribution is 2.25. The average molecular weight is 381 g/mol. The minimum absolute atomic E-state index is 0.00309. The van der Waals surface area contributed by atoms with Crippen LogP contribution in [0.3, 0.4) is 0 Å². The van der Waals surface area contributed by atoms with Gasteiger partial charge in [-0.05, 0) is 73.9 Å². The summed E-state index contributed by atoms with van der Waals surface area (Å²) in [4.78, 5) is 0. The molecule has 0 amide bonds. The zero-order valence-electron chi connectivity index (χ0n) is 12.7. The van der Waals surface area contributed by atoms with Crippen LogP contribution in [0.5, 0.6) is 0 Å². The van der Waals surface area contributed by atoms with Crippen molar-refractivity contribution in [2.24, 2.45) is 0 Å². The Kier molecular flexibility index (Phi) is 5.53. The smallest absolute Gasteiger partial charge is 0.171 e. The number of thiocarbonyl (C=S) groups is 1. The number of aryl methyl sites for hydroxylation is 2. The van der Waals surface area contributed by atoms with Crippen molar-refractivity contribution in [3.05, 3.63) is 63.4 Å². The van der Waals surface area contributed by atoms with E-state index in [1.54, 1.807) is 12.1 Å². The van der Waals surface area contributed by atoms with E-state index in [4.69, 9.17) is 12.2 Å². The van der Waals surface area contributed by atoms with Crippen LogP contribution < -0.4 is 10.6 Å². The molecule has 0 heterocycles. The standard InChI is InChI=1S/C17H18BrFN2S/c1-10-8-14(18)9-11(2)16(10)21-17(22)20-12(3)13-4-6-15(19)7-5-13/h4-9,12H,1-3H3,(H2,20,21,22). The summed E-state index contributed by atoms with van der Waals surface area (Å²) >= 11 is 8.87. The van der Waals surface area contributed by atoms with Crippen LogP contribution in [0, 0.1) is 19.7 Å². The quantitative estimate of drug-likeness (QED) is 0.710. The number of rotatable bonds is 3. The number of anilines is 1. The zero-order chi connectivity index (χ0) is 16.3. The van der Waals surface area contributed by atoms with E-state index in [0.29, 0.717) is 5.11 Å². The molecule has 0 aliphatic carbocycles. The molecule has 116 valence electrons. The fraction of sp³-hybridized carbons (Fsp3) is 0.235. The van der Waals surface area contributed by atoms with E-state index in [0.717, 1.165) is 26.9 Å².